The number of fused-ring (bicyclic) bond motifs is 1. The Bertz CT molecular complexity index is 918. The number of hydrogen-bond donors (Lipinski definition) is 1. The van der Waals surface area contributed by atoms with Gasteiger partial charge in [0.1, 0.15) is 5.82 Å². The highest BCUT2D eigenvalue weighted by molar-refractivity contribution is 5.27. The third-order valence-corrected chi connectivity index (χ3v) is 4.20. The summed E-state index contributed by atoms with van der Waals surface area (Å²) < 4.78 is 90.1. The summed E-state index contributed by atoms with van der Waals surface area (Å²) in [4.78, 5) is 18.4. The van der Waals surface area contributed by atoms with Crippen LogP contribution in [0.2, 0.25) is 0 Å². The Labute approximate surface area is 147 Å². The highest BCUT2D eigenvalue weighted by Crippen LogP contribution is 2.31. The molecule has 0 amide bonds. The highest BCUT2D eigenvalue weighted by atomic mass is 19.4. The zero-order valence-corrected chi connectivity index (χ0v) is 13.5. The molecule has 4 nitrogen and oxygen atoms in total. The van der Waals surface area contributed by atoms with Crippen LogP contribution in [0.4, 0.5) is 30.7 Å². The lowest BCUT2D eigenvalue weighted by Gasteiger charge is -2.28. The van der Waals surface area contributed by atoms with Gasteiger partial charge < -0.3 is 4.98 Å². The summed E-state index contributed by atoms with van der Waals surface area (Å²) in [5.41, 5.74) is -2.01. The topological polar surface area (TPSA) is 49.0 Å². The predicted octanol–water partition coefficient (Wildman–Crippen LogP) is 3.50. The number of H-pyrrole nitrogens is 1. The van der Waals surface area contributed by atoms with Crippen molar-refractivity contribution in [1.82, 2.24) is 14.9 Å². The molecule has 11 heteroatoms. The van der Waals surface area contributed by atoms with E-state index in [1.807, 2.05) is 0 Å². The number of hydrogen-bond acceptors (Lipinski definition) is 3. The van der Waals surface area contributed by atoms with Gasteiger partial charge in [0.15, 0.2) is 0 Å². The minimum absolute atomic E-state index is 0.0349. The number of halogens is 7. The smallest absolute Gasteiger partial charge is 0.303 e. The van der Waals surface area contributed by atoms with E-state index in [1.54, 1.807) is 4.98 Å². The van der Waals surface area contributed by atoms with Crippen LogP contribution in [0.25, 0.3) is 0 Å². The van der Waals surface area contributed by atoms with Crippen LogP contribution >= 0.6 is 0 Å². The maximum absolute atomic E-state index is 14.0. The molecule has 3 rings (SSSR count). The van der Waals surface area contributed by atoms with Crippen molar-refractivity contribution in [3.05, 3.63) is 62.6 Å². The normalized spacial score (nSPS) is 15.7. The number of aromatic amines is 1. The fraction of sp³-hybridized carbons (Fsp3) is 0.375. The molecule has 0 spiro atoms. The molecule has 0 fully saturated rings. The maximum Gasteiger partial charge on any atom is 0.449 e. The third kappa shape index (κ3) is 4.12. The summed E-state index contributed by atoms with van der Waals surface area (Å²) >= 11 is 0. The summed E-state index contributed by atoms with van der Waals surface area (Å²) in [7, 11) is 0. The van der Waals surface area contributed by atoms with E-state index < -0.39 is 35.1 Å². The van der Waals surface area contributed by atoms with Gasteiger partial charge in [0.25, 0.3) is 5.56 Å². The zero-order chi connectivity index (χ0) is 20.0. The Kier molecular flexibility index (Phi) is 4.74. The van der Waals surface area contributed by atoms with Crippen LogP contribution < -0.4 is 5.56 Å². The number of nitrogens with one attached hydrogen (secondary N) is 1. The van der Waals surface area contributed by atoms with Crippen molar-refractivity contribution in [1.29, 1.82) is 0 Å². The molecule has 0 saturated heterocycles. The van der Waals surface area contributed by atoms with Gasteiger partial charge in [0.2, 0.25) is 5.82 Å². The van der Waals surface area contributed by atoms with Gasteiger partial charge >= 0.3 is 12.4 Å². The summed E-state index contributed by atoms with van der Waals surface area (Å²) in [5, 5.41) is 0. The van der Waals surface area contributed by atoms with Crippen LogP contribution in [-0.4, -0.2) is 21.4 Å². The first kappa shape index (κ1) is 19.3. The lowest BCUT2D eigenvalue weighted by Crippen LogP contribution is -2.36. The monoisotopic (exact) mass is 395 g/mol. The largest absolute Gasteiger partial charge is 0.449 e. The van der Waals surface area contributed by atoms with Crippen molar-refractivity contribution in [2.24, 2.45) is 0 Å². The van der Waals surface area contributed by atoms with Gasteiger partial charge in [-0.3, -0.25) is 9.69 Å². The number of aromatic nitrogens is 2. The van der Waals surface area contributed by atoms with E-state index in [0.717, 1.165) is 12.1 Å². The van der Waals surface area contributed by atoms with Crippen molar-refractivity contribution in [2.45, 2.75) is 31.9 Å². The second kappa shape index (κ2) is 6.63. The van der Waals surface area contributed by atoms with Crippen LogP contribution in [0.5, 0.6) is 0 Å². The lowest BCUT2D eigenvalue weighted by molar-refractivity contribution is -0.145. The molecule has 0 unspecified atom stereocenters. The van der Waals surface area contributed by atoms with E-state index in [2.05, 4.69) is 4.98 Å². The fourth-order valence-corrected chi connectivity index (χ4v) is 2.86. The summed E-state index contributed by atoms with van der Waals surface area (Å²) in [5.74, 6) is -2.49. The minimum atomic E-state index is -4.82. The Morgan fingerprint density at radius 2 is 1.81 bits per heavy atom. The molecule has 2 heterocycles. The lowest BCUT2D eigenvalue weighted by atomic mass is 10.0. The molecule has 2 aromatic rings. The van der Waals surface area contributed by atoms with Crippen molar-refractivity contribution in [2.75, 3.05) is 6.54 Å². The Morgan fingerprint density at radius 1 is 1.11 bits per heavy atom. The molecule has 1 N–H and O–H groups in total. The molecular formula is C16H12F7N3O. The molecule has 0 aliphatic carbocycles. The van der Waals surface area contributed by atoms with Crippen molar-refractivity contribution in [3.63, 3.8) is 0 Å². The molecule has 1 aromatic carbocycles. The second-order valence-corrected chi connectivity index (χ2v) is 6.10. The zero-order valence-electron chi connectivity index (χ0n) is 13.5. The summed E-state index contributed by atoms with van der Waals surface area (Å²) in [6.07, 6.45) is -9.41. The first-order chi connectivity index (χ1) is 12.4. The SMILES string of the molecule is O=c1[nH]c(C(F)(F)F)nc2c1CCN(Cc1ccc(C(F)(F)F)cc1F)C2. The molecule has 1 aliphatic rings. The molecule has 1 aliphatic heterocycles. The average Bonchev–Trinajstić information content (AvgIpc) is 2.54. The Morgan fingerprint density at radius 3 is 2.41 bits per heavy atom. The van der Waals surface area contributed by atoms with Crippen LogP contribution in [0.15, 0.2) is 23.0 Å². The van der Waals surface area contributed by atoms with Gasteiger partial charge in [-0.15, -0.1) is 0 Å². The average molecular weight is 395 g/mol. The van der Waals surface area contributed by atoms with Crippen LogP contribution in [-0.2, 0) is 31.9 Å². The van der Waals surface area contributed by atoms with Gasteiger partial charge in [0.05, 0.1) is 11.3 Å². The first-order valence-electron chi connectivity index (χ1n) is 7.72. The van der Waals surface area contributed by atoms with Crippen molar-refractivity contribution >= 4 is 0 Å². The first-order valence-corrected chi connectivity index (χ1v) is 7.72. The maximum atomic E-state index is 14.0. The quantitative estimate of drug-likeness (QED) is 0.792. The van der Waals surface area contributed by atoms with E-state index in [1.165, 1.54) is 4.90 Å². The second-order valence-electron chi connectivity index (χ2n) is 6.10. The summed E-state index contributed by atoms with van der Waals surface area (Å²) in [6, 6.07) is 2.10. The van der Waals surface area contributed by atoms with E-state index in [4.69, 9.17) is 0 Å². The van der Waals surface area contributed by atoms with Gasteiger partial charge in [-0.2, -0.15) is 26.3 Å². The van der Waals surface area contributed by atoms with E-state index in [-0.39, 0.29) is 42.9 Å². The number of nitrogens with zero attached hydrogens (tertiary/aromatic N) is 2. The molecule has 146 valence electrons. The van der Waals surface area contributed by atoms with Crippen LogP contribution in [0.1, 0.15) is 28.2 Å². The molecule has 0 radical (unpaired) electrons. The molecule has 27 heavy (non-hydrogen) atoms. The molecule has 0 atom stereocenters. The van der Waals surface area contributed by atoms with Crippen LogP contribution in [0.3, 0.4) is 0 Å². The molecular weight excluding hydrogens is 383 g/mol. The molecule has 1 aromatic heterocycles. The van der Waals surface area contributed by atoms with E-state index in [9.17, 15) is 35.5 Å². The van der Waals surface area contributed by atoms with Crippen molar-refractivity contribution < 1.29 is 30.7 Å². The van der Waals surface area contributed by atoms with E-state index >= 15 is 0 Å². The minimum Gasteiger partial charge on any atom is -0.303 e. The number of rotatable bonds is 2. The third-order valence-electron chi connectivity index (χ3n) is 4.20. The fourth-order valence-electron chi connectivity index (χ4n) is 2.86. The predicted molar refractivity (Wildman–Crippen MR) is 79.1 cm³/mol. The Balaban J connectivity index is 1.83. The van der Waals surface area contributed by atoms with Gasteiger partial charge in [0, 0.05) is 30.8 Å². The van der Waals surface area contributed by atoms with Crippen LogP contribution in [0, 0.1) is 5.82 Å². The van der Waals surface area contributed by atoms with Gasteiger partial charge in [-0.1, -0.05) is 6.07 Å². The Hall–Kier alpha value is -2.43. The van der Waals surface area contributed by atoms with Crippen molar-refractivity contribution in [3.8, 4) is 0 Å². The van der Waals surface area contributed by atoms with Gasteiger partial charge in [-0.05, 0) is 18.6 Å². The van der Waals surface area contributed by atoms with Gasteiger partial charge in [-0.25, -0.2) is 9.37 Å². The van der Waals surface area contributed by atoms with E-state index in [0.29, 0.717) is 6.07 Å². The standard InChI is InChI=1S/C16H12F7N3O/c17-11-5-9(15(18,19)20)2-1-8(11)6-26-4-3-10-12(7-26)24-14(16(21,22)23)25-13(10)27/h1-2,5H,3-4,6-7H2,(H,24,25,27). The molecule has 0 bridgehead atoms. The highest BCUT2D eigenvalue weighted by Gasteiger charge is 2.36. The number of benzene rings is 1. The molecule has 0 saturated carbocycles. The number of alkyl halides is 6. The summed E-state index contributed by atoms with van der Waals surface area (Å²) in [6.45, 7) is -0.0500.